The Morgan fingerprint density at radius 1 is 0.696 bits per heavy atom. The molecule has 1 aliphatic rings. The average Bonchev–Trinajstić information content (AvgIpc) is 2.81. The van der Waals surface area contributed by atoms with Crippen LogP contribution in [0.4, 0.5) is 11.4 Å². The van der Waals surface area contributed by atoms with Crippen molar-refractivity contribution in [2.75, 3.05) is 22.9 Å². The molecule has 0 bridgehead atoms. The molecule has 2 nitrogen and oxygen atoms in total. The summed E-state index contributed by atoms with van der Waals surface area (Å²) in [6, 6.07) is 13.0. The van der Waals surface area contributed by atoms with E-state index in [1.54, 1.807) is 0 Å². The first-order valence-corrected chi connectivity index (χ1v) is 8.45. The Morgan fingerprint density at radius 2 is 1.00 bits per heavy atom. The Labute approximate surface area is 151 Å². The second-order valence-electron chi connectivity index (χ2n) is 6.03. The summed E-state index contributed by atoms with van der Waals surface area (Å²) in [7, 11) is 0. The molecule has 23 heavy (non-hydrogen) atoms. The fourth-order valence-electron chi connectivity index (χ4n) is 3.37. The molecule has 0 spiro atoms. The van der Waals surface area contributed by atoms with Gasteiger partial charge in [0.1, 0.15) is 0 Å². The van der Waals surface area contributed by atoms with Gasteiger partial charge in [0, 0.05) is 0 Å². The normalized spacial score (nSPS) is 14.3. The van der Waals surface area contributed by atoms with Crippen molar-refractivity contribution in [2.45, 2.75) is 27.7 Å². The summed E-state index contributed by atoms with van der Waals surface area (Å²) in [5.41, 5.74) is 7.97. The number of rotatable bonds is 2. The first-order chi connectivity index (χ1) is 10.5. The standard InChI is InChI=1S/C19H22N2.CH3.Pd/c1-14-7-5-8-15(2)18(14)20-11-12-21(13-20)19-16(3)9-6-10-17(19)4;;/h5-10H,11-12H2,1-4H3;1H3;/q;-1;. The minimum atomic E-state index is 0. The van der Waals surface area contributed by atoms with Gasteiger partial charge in [0.25, 0.3) is 0 Å². The van der Waals surface area contributed by atoms with Crippen molar-refractivity contribution in [1.29, 1.82) is 0 Å². The zero-order valence-corrected chi connectivity index (χ0v) is 16.1. The van der Waals surface area contributed by atoms with Crippen LogP contribution in [0.25, 0.3) is 0 Å². The van der Waals surface area contributed by atoms with Gasteiger partial charge in [-0.3, -0.25) is 0 Å². The van der Waals surface area contributed by atoms with Crippen LogP contribution in [0.2, 0.25) is 0 Å². The second kappa shape index (κ2) is 6.99. The van der Waals surface area contributed by atoms with Crippen molar-refractivity contribution >= 4 is 15.6 Å². The summed E-state index contributed by atoms with van der Waals surface area (Å²) in [5, 5.41) is 0. The van der Waals surface area contributed by atoms with Crippen molar-refractivity contribution in [3.8, 4) is 0 Å². The predicted molar refractivity (Wildman–Crippen MR) is 97.9 cm³/mol. The molecule has 0 amide bonds. The quantitative estimate of drug-likeness (QED) is 0.548. The molecular weight excluding hydrogens is 375 g/mol. The molecule has 0 saturated carbocycles. The Hall–Kier alpha value is -1.43. The number of anilines is 2. The first-order valence-electron chi connectivity index (χ1n) is 7.67. The smallest absolute Gasteiger partial charge is 0.358 e. The van der Waals surface area contributed by atoms with Crippen molar-refractivity contribution in [1.82, 2.24) is 0 Å². The minimum Gasteiger partial charge on any atom is -0.358 e. The molecule has 0 aliphatic carbocycles. The number of benzene rings is 2. The maximum absolute atomic E-state index is 3.53. The SMILES string of the molecule is Cc1cccc(C)c1N1CCN(c2c(C)cccc2C)[C]1=[Pd].[CH3-]. The van der Waals surface area contributed by atoms with Crippen molar-refractivity contribution in [2.24, 2.45) is 0 Å². The summed E-state index contributed by atoms with van der Waals surface area (Å²) < 4.78 is 1.18. The molecule has 0 radical (unpaired) electrons. The predicted octanol–water partition coefficient (Wildman–Crippen LogP) is 4.33. The van der Waals surface area contributed by atoms with Crippen LogP contribution < -0.4 is 9.80 Å². The van der Waals surface area contributed by atoms with Gasteiger partial charge in [0.2, 0.25) is 0 Å². The van der Waals surface area contributed by atoms with Gasteiger partial charge in [-0.1, -0.05) is 0 Å². The van der Waals surface area contributed by atoms with E-state index in [1.807, 2.05) is 0 Å². The number of nitrogens with zero attached hydrogens (tertiary/aromatic N) is 2. The van der Waals surface area contributed by atoms with Gasteiger partial charge in [-0.25, -0.2) is 0 Å². The fourth-order valence-corrected chi connectivity index (χ4v) is 4.07. The van der Waals surface area contributed by atoms with E-state index in [4.69, 9.17) is 0 Å². The fraction of sp³-hybridized carbons (Fsp3) is 0.300. The molecule has 2 aromatic rings. The van der Waals surface area contributed by atoms with E-state index >= 15 is 0 Å². The second-order valence-corrected chi connectivity index (χ2v) is 6.72. The van der Waals surface area contributed by atoms with Crippen molar-refractivity contribution in [3.63, 3.8) is 0 Å². The van der Waals surface area contributed by atoms with Crippen molar-refractivity contribution < 1.29 is 18.7 Å². The van der Waals surface area contributed by atoms with Crippen LogP contribution in [0, 0.1) is 35.1 Å². The zero-order chi connectivity index (χ0) is 15.9. The molecule has 1 fully saturated rings. The number of hydrogen-bond donors (Lipinski definition) is 0. The summed E-state index contributed by atoms with van der Waals surface area (Å²) in [6.45, 7) is 10.8. The van der Waals surface area contributed by atoms with Crippen LogP contribution in [0.15, 0.2) is 36.4 Å². The summed E-state index contributed by atoms with van der Waals surface area (Å²) in [5.74, 6) is 0. The van der Waals surface area contributed by atoms with E-state index < -0.39 is 0 Å². The molecular formula is C20H25N2Pd-. The average molecular weight is 400 g/mol. The topological polar surface area (TPSA) is 6.48 Å². The van der Waals surface area contributed by atoms with Crippen LogP contribution in [-0.2, 0) is 18.7 Å². The van der Waals surface area contributed by atoms with Gasteiger partial charge < -0.3 is 7.43 Å². The molecule has 0 aromatic heterocycles. The molecule has 1 aliphatic heterocycles. The van der Waals surface area contributed by atoms with Crippen LogP contribution in [-0.4, -0.2) is 17.3 Å². The van der Waals surface area contributed by atoms with Crippen LogP contribution in [0.3, 0.4) is 0 Å². The molecule has 0 unspecified atom stereocenters. The number of para-hydroxylation sites is 2. The molecule has 2 aromatic carbocycles. The third kappa shape index (κ3) is 3.14. The summed E-state index contributed by atoms with van der Waals surface area (Å²) >= 11 is 3.53. The Balaban J connectivity index is 0.00000192. The van der Waals surface area contributed by atoms with Crippen LogP contribution in [0.1, 0.15) is 22.3 Å². The van der Waals surface area contributed by atoms with Gasteiger partial charge >= 0.3 is 144 Å². The zero-order valence-electron chi connectivity index (χ0n) is 14.6. The van der Waals surface area contributed by atoms with E-state index in [2.05, 4.69) is 92.6 Å². The molecule has 0 N–H and O–H groups in total. The van der Waals surface area contributed by atoms with E-state index in [0.717, 1.165) is 13.1 Å². The molecule has 126 valence electrons. The summed E-state index contributed by atoms with van der Waals surface area (Å²) in [4.78, 5) is 4.80. The van der Waals surface area contributed by atoms with E-state index in [1.165, 1.54) is 37.9 Å². The first kappa shape index (κ1) is 17.9. The third-order valence-corrected chi connectivity index (χ3v) is 5.22. The Bertz CT molecular complexity index is 634. The maximum atomic E-state index is 3.53. The van der Waals surface area contributed by atoms with Crippen molar-refractivity contribution in [3.05, 3.63) is 66.1 Å². The van der Waals surface area contributed by atoms with Gasteiger partial charge in [0.15, 0.2) is 0 Å². The largest absolute Gasteiger partial charge is 0.358 e. The Kier molecular flexibility index (Phi) is 5.45. The van der Waals surface area contributed by atoms with Gasteiger partial charge in [0.05, 0.1) is 0 Å². The third-order valence-electron chi connectivity index (χ3n) is 4.38. The van der Waals surface area contributed by atoms with Gasteiger partial charge in [-0.15, -0.1) is 0 Å². The van der Waals surface area contributed by atoms with Gasteiger partial charge in [-0.2, -0.15) is 0 Å². The number of hydrogen-bond acceptors (Lipinski definition) is 2. The number of aryl methyl sites for hydroxylation is 4. The molecule has 0 atom stereocenters. The Morgan fingerprint density at radius 3 is 1.30 bits per heavy atom. The van der Waals surface area contributed by atoms with Crippen LogP contribution >= 0.6 is 0 Å². The van der Waals surface area contributed by atoms with E-state index in [9.17, 15) is 0 Å². The molecule has 3 rings (SSSR count). The van der Waals surface area contributed by atoms with E-state index in [0.29, 0.717) is 0 Å². The molecule has 3 heteroatoms. The molecule has 1 heterocycles. The minimum absolute atomic E-state index is 0. The summed E-state index contributed by atoms with van der Waals surface area (Å²) in [6.07, 6.45) is 0. The van der Waals surface area contributed by atoms with Gasteiger partial charge in [-0.05, 0) is 0 Å². The van der Waals surface area contributed by atoms with Crippen LogP contribution in [0.5, 0.6) is 0 Å². The van der Waals surface area contributed by atoms with E-state index in [-0.39, 0.29) is 7.43 Å². The monoisotopic (exact) mass is 399 g/mol. The molecule has 1 saturated heterocycles. The maximum Gasteiger partial charge on any atom is -0.358 e.